The van der Waals surface area contributed by atoms with Crippen molar-refractivity contribution < 1.29 is 9.53 Å². The fourth-order valence-corrected chi connectivity index (χ4v) is 5.71. The van der Waals surface area contributed by atoms with E-state index in [4.69, 9.17) is 4.74 Å². The Balaban J connectivity index is 0.000000479. The minimum absolute atomic E-state index is 0.620. The molecule has 4 rings (SSSR count). The van der Waals surface area contributed by atoms with Gasteiger partial charge in [-0.05, 0) is 79.7 Å². The van der Waals surface area contributed by atoms with Crippen LogP contribution in [-0.2, 0) is 24.2 Å². The van der Waals surface area contributed by atoms with Crippen LogP contribution in [0, 0.1) is 5.92 Å². The summed E-state index contributed by atoms with van der Waals surface area (Å²) in [4.78, 5) is 12.3. The SMILES string of the molecule is CCCCNC=O.CCc1cccc(CN2CC(c3ccc4c(c3)CCO4)CC2CC(C)C=C(C)C)c1. The molecule has 2 aromatic rings. The molecule has 202 valence electrons. The summed E-state index contributed by atoms with van der Waals surface area (Å²) < 4.78 is 5.73. The zero-order valence-corrected chi connectivity index (χ0v) is 23.8. The van der Waals surface area contributed by atoms with Crippen molar-refractivity contribution in [2.24, 2.45) is 5.92 Å². The summed E-state index contributed by atoms with van der Waals surface area (Å²) in [5.41, 5.74) is 7.23. The van der Waals surface area contributed by atoms with E-state index in [9.17, 15) is 4.79 Å². The van der Waals surface area contributed by atoms with E-state index in [2.05, 4.69) is 93.4 Å². The van der Waals surface area contributed by atoms with E-state index in [1.165, 1.54) is 40.7 Å². The molecule has 3 atom stereocenters. The number of likely N-dealkylation sites (tertiary alicyclic amines) is 1. The third-order valence-corrected chi connectivity index (χ3v) is 7.52. The predicted octanol–water partition coefficient (Wildman–Crippen LogP) is 7.07. The Labute approximate surface area is 225 Å². The van der Waals surface area contributed by atoms with Crippen molar-refractivity contribution >= 4 is 6.41 Å². The van der Waals surface area contributed by atoms with Crippen molar-refractivity contribution in [1.29, 1.82) is 0 Å². The normalized spacial score (nSPS) is 19.3. The molecule has 4 heteroatoms. The van der Waals surface area contributed by atoms with Crippen LogP contribution >= 0.6 is 0 Å². The molecule has 2 aromatic carbocycles. The lowest BCUT2D eigenvalue weighted by atomic mass is 9.91. The molecule has 1 amide bonds. The fourth-order valence-electron chi connectivity index (χ4n) is 5.71. The van der Waals surface area contributed by atoms with Gasteiger partial charge < -0.3 is 10.1 Å². The van der Waals surface area contributed by atoms with Gasteiger partial charge in [0.1, 0.15) is 5.75 Å². The minimum atomic E-state index is 0.620. The van der Waals surface area contributed by atoms with Crippen LogP contribution < -0.4 is 10.1 Å². The maximum absolute atomic E-state index is 9.57. The van der Waals surface area contributed by atoms with E-state index in [1.54, 1.807) is 0 Å². The number of rotatable bonds is 11. The topological polar surface area (TPSA) is 41.6 Å². The number of amides is 1. The molecule has 0 saturated carbocycles. The second-order valence-electron chi connectivity index (χ2n) is 11.0. The highest BCUT2D eigenvalue weighted by molar-refractivity contribution is 5.45. The fraction of sp³-hybridized carbons (Fsp3) is 0.545. The summed E-state index contributed by atoms with van der Waals surface area (Å²) >= 11 is 0. The second kappa shape index (κ2) is 15.0. The van der Waals surface area contributed by atoms with Crippen molar-refractivity contribution in [3.63, 3.8) is 0 Å². The lowest BCUT2D eigenvalue weighted by molar-refractivity contribution is -0.109. The Kier molecular flexibility index (Phi) is 11.7. The molecule has 2 aliphatic rings. The van der Waals surface area contributed by atoms with E-state index in [1.807, 2.05) is 0 Å². The quantitative estimate of drug-likeness (QED) is 0.202. The Hall–Kier alpha value is -2.59. The van der Waals surface area contributed by atoms with Gasteiger partial charge in [-0.1, -0.05) is 75.2 Å². The molecular formula is C33H48N2O2. The number of fused-ring (bicyclic) bond motifs is 1. The number of nitrogens with one attached hydrogen (secondary N) is 1. The lowest BCUT2D eigenvalue weighted by Crippen LogP contribution is -2.30. The smallest absolute Gasteiger partial charge is 0.207 e. The van der Waals surface area contributed by atoms with Crippen molar-refractivity contribution in [2.45, 2.75) is 91.6 Å². The summed E-state index contributed by atoms with van der Waals surface area (Å²) in [5.74, 6) is 2.34. The second-order valence-corrected chi connectivity index (χ2v) is 11.0. The van der Waals surface area contributed by atoms with Gasteiger partial charge in [0.15, 0.2) is 0 Å². The molecule has 37 heavy (non-hydrogen) atoms. The molecule has 1 saturated heterocycles. The average Bonchev–Trinajstić information content (AvgIpc) is 3.51. The van der Waals surface area contributed by atoms with Crippen LogP contribution in [0.2, 0.25) is 0 Å². The highest BCUT2D eigenvalue weighted by atomic mass is 16.5. The number of allylic oxidation sites excluding steroid dienone is 2. The lowest BCUT2D eigenvalue weighted by Gasteiger charge is -2.26. The van der Waals surface area contributed by atoms with Crippen LogP contribution in [0.5, 0.6) is 5.75 Å². The molecule has 4 nitrogen and oxygen atoms in total. The number of nitrogens with zero attached hydrogens (tertiary/aromatic N) is 1. The average molecular weight is 505 g/mol. The van der Waals surface area contributed by atoms with Gasteiger partial charge in [0.2, 0.25) is 6.41 Å². The molecular weight excluding hydrogens is 456 g/mol. The number of benzene rings is 2. The molecule has 0 radical (unpaired) electrons. The Morgan fingerprint density at radius 3 is 2.70 bits per heavy atom. The first-order chi connectivity index (χ1) is 17.9. The highest BCUT2D eigenvalue weighted by Crippen LogP contribution is 2.38. The molecule has 0 aromatic heterocycles. The molecule has 0 spiro atoms. The standard InChI is InChI=1S/C28H37NO.C5H11NO/c1-5-22-7-6-8-23(15-22)18-29-19-26(17-27(29)14-21(4)13-20(2)3)24-9-10-28-25(16-24)11-12-30-28;1-2-3-4-6-5-7/h6-10,13,15-16,21,26-27H,5,11-12,14,17-19H2,1-4H3;5H,2-4H2,1H3,(H,6,7). The van der Waals surface area contributed by atoms with Gasteiger partial charge in [-0.15, -0.1) is 0 Å². The van der Waals surface area contributed by atoms with Gasteiger partial charge in [-0.3, -0.25) is 9.69 Å². The van der Waals surface area contributed by atoms with Crippen molar-refractivity contribution in [3.8, 4) is 5.75 Å². The maximum Gasteiger partial charge on any atom is 0.207 e. The van der Waals surface area contributed by atoms with Crippen molar-refractivity contribution in [3.05, 3.63) is 76.4 Å². The van der Waals surface area contributed by atoms with Gasteiger partial charge in [-0.25, -0.2) is 0 Å². The third kappa shape index (κ3) is 9.03. The van der Waals surface area contributed by atoms with Crippen LogP contribution in [0.4, 0.5) is 0 Å². The summed E-state index contributed by atoms with van der Waals surface area (Å²) in [7, 11) is 0. The molecule has 1 fully saturated rings. The Bertz CT molecular complexity index is 1010. The van der Waals surface area contributed by atoms with Crippen LogP contribution in [0.3, 0.4) is 0 Å². The van der Waals surface area contributed by atoms with E-state index in [-0.39, 0.29) is 0 Å². The number of hydrogen-bond donors (Lipinski definition) is 1. The van der Waals surface area contributed by atoms with E-state index >= 15 is 0 Å². The molecule has 1 N–H and O–H groups in total. The van der Waals surface area contributed by atoms with E-state index in [0.29, 0.717) is 17.9 Å². The summed E-state index contributed by atoms with van der Waals surface area (Å²) in [6.07, 6.45) is 10.1. The number of carbonyl (C=O) groups excluding carboxylic acids is 1. The number of carbonyl (C=O) groups is 1. The Morgan fingerprint density at radius 2 is 1.97 bits per heavy atom. The van der Waals surface area contributed by atoms with Crippen molar-refractivity contribution in [2.75, 3.05) is 19.7 Å². The zero-order chi connectivity index (χ0) is 26.6. The molecule has 0 aliphatic carbocycles. The number of ether oxygens (including phenoxy) is 1. The first-order valence-corrected chi connectivity index (χ1v) is 14.3. The first-order valence-electron chi connectivity index (χ1n) is 14.3. The van der Waals surface area contributed by atoms with Gasteiger partial charge in [0.05, 0.1) is 6.61 Å². The highest BCUT2D eigenvalue weighted by Gasteiger charge is 2.34. The van der Waals surface area contributed by atoms with Gasteiger partial charge >= 0.3 is 0 Å². The Morgan fingerprint density at radius 1 is 1.16 bits per heavy atom. The maximum atomic E-state index is 9.57. The van der Waals surface area contributed by atoms with Crippen LogP contribution in [-0.4, -0.2) is 37.0 Å². The van der Waals surface area contributed by atoms with Crippen LogP contribution in [0.25, 0.3) is 0 Å². The molecule has 2 heterocycles. The number of unbranched alkanes of at least 4 members (excludes halogenated alkanes) is 1. The van der Waals surface area contributed by atoms with Gasteiger partial charge in [0, 0.05) is 32.1 Å². The first kappa shape index (κ1) is 29.0. The van der Waals surface area contributed by atoms with Crippen LogP contribution in [0.15, 0.2) is 54.1 Å². The van der Waals surface area contributed by atoms with E-state index in [0.717, 1.165) is 64.1 Å². The van der Waals surface area contributed by atoms with Gasteiger partial charge in [-0.2, -0.15) is 0 Å². The monoisotopic (exact) mass is 504 g/mol. The largest absolute Gasteiger partial charge is 0.493 e. The summed E-state index contributed by atoms with van der Waals surface area (Å²) in [6.45, 7) is 15.0. The molecule has 0 bridgehead atoms. The summed E-state index contributed by atoms with van der Waals surface area (Å²) in [6, 6.07) is 16.7. The minimum Gasteiger partial charge on any atom is -0.493 e. The third-order valence-electron chi connectivity index (χ3n) is 7.52. The zero-order valence-electron chi connectivity index (χ0n) is 23.8. The van der Waals surface area contributed by atoms with Crippen LogP contribution in [0.1, 0.15) is 88.5 Å². The van der Waals surface area contributed by atoms with Crippen molar-refractivity contribution in [1.82, 2.24) is 10.2 Å². The number of aryl methyl sites for hydroxylation is 1. The van der Waals surface area contributed by atoms with E-state index < -0.39 is 0 Å². The molecule has 2 aliphatic heterocycles. The number of hydrogen-bond acceptors (Lipinski definition) is 3. The predicted molar refractivity (Wildman–Crippen MR) is 155 cm³/mol. The van der Waals surface area contributed by atoms with Gasteiger partial charge in [0.25, 0.3) is 0 Å². The summed E-state index contributed by atoms with van der Waals surface area (Å²) in [5, 5.41) is 2.57. The molecule has 3 unspecified atom stereocenters.